The minimum Gasteiger partial charge on any atom is -0.357 e. The highest BCUT2D eigenvalue weighted by atomic mass is 32.2. The van der Waals surface area contributed by atoms with E-state index in [1.54, 1.807) is 11.9 Å². The van der Waals surface area contributed by atoms with Crippen molar-refractivity contribution < 1.29 is 18.0 Å². The summed E-state index contributed by atoms with van der Waals surface area (Å²) in [7, 11) is -1.94. The molecule has 0 heterocycles. The fourth-order valence-electron chi connectivity index (χ4n) is 4.16. The Balaban J connectivity index is 2.15. The molecule has 0 unspecified atom stereocenters. The van der Waals surface area contributed by atoms with Crippen molar-refractivity contribution in [2.75, 3.05) is 30.7 Å². The molecule has 0 aliphatic rings. The van der Waals surface area contributed by atoms with E-state index in [4.69, 9.17) is 0 Å². The first-order chi connectivity index (χ1) is 16.1. The fourth-order valence-corrected chi connectivity index (χ4v) is 5.11. The second-order valence-corrected chi connectivity index (χ2v) is 10.6. The molecule has 7 nitrogen and oxygen atoms in total. The van der Waals surface area contributed by atoms with Crippen molar-refractivity contribution in [1.29, 1.82) is 0 Å². The maximum absolute atomic E-state index is 13.2. The Labute approximate surface area is 204 Å². The Morgan fingerprint density at radius 2 is 1.62 bits per heavy atom. The normalized spacial score (nSPS) is 12.1. The Bertz CT molecular complexity index is 1050. The molecule has 1 atom stereocenters. The molecule has 0 aliphatic carbocycles. The molecule has 2 rings (SSSR count). The number of hydrogen-bond donors (Lipinski definition) is 1. The summed E-state index contributed by atoms with van der Waals surface area (Å²) in [6.45, 7) is 6.34. The van der Waals surface area contributed by atoms with Crippen LogP contribution in [0.4, 0.5) is 5.69 Å². The number of nitrogens with one attached hydrogen (secondary N) is 1. The predicted octanol–water partition coefficient (Wildman–Crippen LogP) is 3.45. The number of hydrogen-bond acceptors (Lipinski definition) is 4. The lowest BCUT2D eigenvalue weighted by molar-refractivity contribution is -0.140. The first kappa shape index (κ1) is 27.4. The number of amides is 2. The molecule has 8 heteroatoms. The lowest BCUT2D eigenvalue weighted by atomic mass is 10.1. The van der Waals surface area contributed by atoms with Crippen molar-refractivity contribution in [2.24, 2.45) is 0 Å². The number of carbonyl (C=O) groups excluding carboxylic acids is 2. The van der Waals surface area contributed by atoms with E-state index in [1.165, 1.54) is 10.6 Å². The first-order valence-corrected chi connectivity index (χ1v) is 13.5. The van der Waals surface area contributed by atoms with Gasteiger partial charge in [-0.15, -0.1) is 0 Å². The van der Waals surface area contributed by atoms with Crippen LogP contribution in [0.15, 0.2) is 48.5 Å². The highest BCUT2D eigenvalue weighted by Crippen LogP contribution is 2.22. The molecule has 0 saturated carbocycles. The molecular formula is C26H37N3O4S. The molecule has 0 aliphatic heterocycles. The number of carbonyl (C=O) groups is 2. The largest absolute Gasteiger partial charge is 0.357 e. The second kappa shape index (κ2) is 12.6. The van der Waals surface area contributed by atoms with Crippen LogP contribution in [-0.4, -0.2) is 57.6 Å². The molecule has 1 N–H and O–H groups in total. The third-order valence-corrected chi connectivity index (χ3v) is 6.96. The molecule has 0 aromatic heterocycles. The molecule has 2 aromatic rings. The molecule has 0 radical (unpaired) electrons. The molecule has 0 spiro atoms. The van der Waals surface area contributed by atoms with Crippen LogP contribution < -0.4 is 9.62 Å². The lowest BCUT2D eigenvalue weighted by Crippen LogP contribution is -2.49. The van der Waals surface area contributed by atoms with Crippen molar-refractivity contribution >= 4 is 27.5 Å². The molecule has 186 valence electrons. The van der Waals surface area contributed by atoms with Gasteiger partial charge in [0, 0.05) is 26.6 Å². The Morgan fingerprint density at radius 1 is 1.00 bits per heavy atom. The van der Waals surface area contributed by atoms with Gasteiger partial charge in [-0.3, -0.25) is 13.9 Å². The van der Waals surface area contributed by atoms with Crippen molar-refractivity contribution in [3.05, 3.63) is 65.2 Å². The van der Waals surface area contributed by atoms with Crippen LogP contribution in [0.2, 0.25) is 0 Å². The van der Waals surface area contributed by atoms with Gasteiger partial charge in [0.25, 0.3) is 0 Å². The summed E-state index contributed by atoms with van der Waals surface area (Å²) >= 11 is 0. The van der Waals surface area contributed by atoms with Crippen LogP contribution in [0, 0.1) is 13.8 Å². The summed E-state index contributed by atoms with van der Waals surface area (Å²) in [6, 6.07) is 14.9. The summed E-state index contributed by atoms with van der Waals surface area (Å²) in [4.78, 5) is 27.3. The van der Waals surface area contributed by atoms with Gasteiger partial charge in [0.05, 0.1) is 11.9 Å². The molecule has 34 heavy (non-hydrogen) atoms. The summed E-state index contributed by atoms with van der Waals surface area (Å²) < 4.78 is 26.3. The molecule has 2 aromatic carbocycles. The van der Waals surface area contributed by atoms with Crippen molar-refractivity contribution in [3.63, 3.8) is 0 Å². The first-order valence-electron chi connectivity index (χ1n) is 11.7. The quantitative estimate of drug-likeness (QED) is 0.497. The Kier molecular flexibility index (Phi) is 10.1. The van der Waals surface area contributed by atoms with E-state index in [0.717, 1.165) is 16.7 Å². The van der Waals surface area contributed by atoms with Crippen molar-refractivity contribution in [1.82, 2.24) is 10.2 Å². The number of nitrogens with zero attached hydrogens (tertiary/aromatic N) is 2. The van der Waals surface area contributed by atoms with Gasteiger partial charge in [0.2, 0.25) is 21.8 Å². The van der Waals surface area contributed by atoms with E-state index in [-0.39, 0.29) is 24.8 Å². The van der Waals surface area contributed by atoms with Gasteiger partial charge >= 0.3 is 0 Å². The third-order valence-electron chi connectivity index (χ3n) is 5.76. The van der Waals surface area contributed by atoms with E-state index in [9.17, 15) is 18.0 Å². The van der Waals surface area contributed by atoms with Gasteiger partial charge in [-0.1, -0.05) is 43.3 Å². The predicted molar refractivity (Wildman–Crippen MR) is 137 cm³/mol. The van der Waals surface area contributed by atoms with E-state index in [1.807, 2.05) is 69.3 Å². The number of anilines is 1. The van der Waals surface area contributed by atoms with Gasteiger partial charge in [-0.25, -0.2) is 8.42 Å². The standard InChI is InChI=1S/C26H37N3O4S/c1-6-24(26(31)27-4)28(16-14-22-11-8-7-9-12-22)25(30)13-10-15-29(34(5,32)33)23-18-20(2)17-21(3)19-23/h7-9,11-12,17-19,24H,6,10,13-16H2,1-5H3,(H,27,31)/t24-/m1/s1. The van der Waals surface area contributed by atoms with Crippen LogP contribution in [-0.2, 0) is 26.0 Å². The number of likely N-dealkylation sites (N-methyl/N-ethyl adjacent to an activating group) is 1. The highest BCUT2D eigenvalue weighted by Gasteiger charge is 2.28. The second-order valence-electron chi connectivity index (χ2n) is 8.65. The zero-order valence-corrected chi connectivity index (χ0v) is 21.7. The molecule has 2 amide bonds. The van der Waals surface area contributed by atoms with Crippen LogP contribution in [0.3, 0.4) is 0 Å². The lowest BCUT2D eigenvalue weighted by Gasteiger charge is -2.30. The smallest absolute Gasteiger partial charge is 0.242 e. The average Bonchev–Trinajstić information content (AvgIpc) is 2.78. The Morgan fingerprint density at radius 3 is 2.15 bits per heavy atom. The van der Waals surface area contributed by atoms with Crippen LogP contribution in [0.1, 0.15) is 42.9 Å². The number of rotatable bonds is 12. The summed E-state index contributed by atoms with van der Waals surface area (Å²) in [5.41, 5.74) is 3.64. The van der Waals surface area contributed by atoms with Gasteiger partial charge in [0.1, 0.15) is 6.04 Å². The summed E-state index contributed by atoms with van der Waals surface area (Å²) in [6.07, 6.45) is 2.82. The minimum atomic E-state index is -3.51. The highest BCUT2D eigenvalue weighted by molar-refractivity contribution is 7.92. The maximum Gasteiger partial charge on any atom is 0.242 e. The van der Waals surface area contributed by atoms with Crippen LogP contribution in [0.5, 0.6) is 0 Å². The van der Waals surface area contributed by atoms with E-state index < -0.39 is 16.1 Å². The van der Waals surface area contributed by atoms with E-state index in [0.29, 0.717) is 31.5 Å². The van der Waals surface area contributed by atoms with Crippen molar-refractivity contribution in [2.45, 2.75) is 52.5 Å². The maximum atomic E-state index is 13.2. The van der Waals surface area contributed by atoms with E-state index >= 15 is 0 Å². The molecule has 0 fully saturated rings. The molecule has 0 saturated heterocycles. The van der Waals surface area contributed by atoms with Crippen LogP contribution >= 0.6 is 0 Å². The number of aryl methyl sites for hydroxylation is 2. The topological polar surface area (TPSA) is 86.8 Å². The van der Waals surface area contributed by atoms with Gasteiger partial charge in [0.15, 0.2) is 0 Å². The number of benzene rings is 2. The molecular weight excluding hydrogens is 450 g/mol. The van der Waals surface area contributed by atoms with Crippen molar-refractivity contribution in [3.8, 4) is 0 Å². The number of sulfonamides is 1. The van der Waals surface area contributed by atoms with E-state index in [2.05, 4.69) is 5.32 Å². The third kappa shape index (κ3) is 7.87. The SMILES string of the molecule is CC[C@H](C(=O)NC)N(CCc1ccccc1)C(=O)CCCN(c1cc(C)cc(C)c1)S(C)(=O)=O. The van der Waals surface area contributed by atoms with Gasteiger partial charge in [-0.2, -0.15) is 0 Å². The van der Waals surface area contributed by atoms with Gasteiger partial charge < -0.3 is 10.2 Å². The minimum absolute atomic E-state index is 0.152. The summed E-state index contributed by atoms with van der Waals surface area (Å²) in [5.74, 6) is -0.350. The Hall–Kier alpha value is -2.87. The zero-order chi connectivity index (χ0) is 25.3. The fraction of sp³-hybridized carbons (Fsp3) is 0.462. The van der Waals surface area contributed by atoms with Gasteiger partial charge in [-0.05, 0) is 61.9 Å². The molecule has 0 bridgehead atoms. The zero-order valence-electron chi connectivity index (χ0n) is 20.9. The summed E-state index contributed by atoms with van der Waals surface area (Å²) in [5, 5.41) is 2.66. The van der Waals surface area contributed by atoms with Crippen LogP contribution in [0.25, 0.3) is 0 Å². The average molecular weight is 488 g/mol. The monoisotopic (exact) mass is 487 g/mol.